The molecule has 0 aliphatic rings. The van der Waals surface area contributed by atoms with Gasteiger partial charge >= 0.3 is 6.18 Å². The molecule has 0 amide bonds. The third-order valence-electron chi connectivity index (χ3n) is 3.79. The minimum absolute atomic E-state index is 0.0926. The van der Waals surface area contributed by atoms with Crippen molar-refractivity contribution >= 4 is 10.8 Å². The zero-order valence-corrected chi connectivity index (χ0v) is 13.3. The molecule has 3 aromatic rings. The number of benzene rings is 3. The van der Waals surface area contributed by atoms with E-state index in [2.05, 4.69) is 0 Å². The van der Waals surface area contributed by atoms with Gasteiger partial charge in [0.2, 0.25) is 0 Å². The molecule has 0 aliphatic heterocycles. The van der Waals surface area contributed by atoms with Gasteiger partial charge in [0.25, 0.3) is 0 Å². The first kappa shape index (κ1) is 17.9. The first-order valence-electron chi connectivity index (χ1n) is 7.44. The van der Waals surface area contributed by atoms with E-state index in [9.17, 15) is 26.3 Å². The number of halogens is 6. The molecule has 0 bridgehead atoms. The number of alkyl halides is 3. The molecule has 3 rings (SSSR count). The van der Waals surface area contributed by atoms with Crippen molar-refractivity contribution in [3.05, 3.63) is 71.0 Å². The summed E-state index contributed by atoms with van der Waals surface area (Å²) in [5.41, 5.74) is 0.406. The van der Waals surface area contributed by atoms with Crippen LogP contribution in [0.4, 0.5) is 26.3 Å². The van der Waals surface area contributed by atoms with E-state index >= 15 is 0 Å². The smallest absolute Gasteiger partial charge is 0.206 e. The van der Waals surface area contributed by atoms with E-state index in [0.29, 0.717) is 5.56 Å². The Bertz CT molecular complexity index is 1070. The fourth-order valence-electron chi connectivity index (χ4n) is 2.60. The first-order valence-corrected chi connectivity index (χ1v) is 7.44. The van der Waals surface area contributed by atoms with Crippen LogP contribution in [0.5, 0.6) is 0 Å². The van der Waals surface area contributed by atoms with Crippen LogP contribution in [-0.4, -0.2) is 6.18 Å². The van der Waals surface area contributed by atoms with Crippen LogP contribution in [0.15, 0.2) is 42.5 Å². The summed E-state index contributed by atoms with van der Waals surface area (Å²) in [5, 5.41) is -0.0100. The van der Waals surface area contributed by atoms with Gasteiger partial charge in [-0.05, 0) is 41.6 Å². The first-order chi connectivity index (χ1) is 12.2. The van der Waals surface area contributed by atoms with Crippen molar-refractivity contribution in [3.8, 4) is 23.0 Å². The maximum absolute atomic E-state index is 14.4. The second-order valence-corrected chi connectivity index (χ2v) is 5.71. The fraction of sp³-hybridized carbons (Fsp3) is 0.100. The average Bonchev–Trinajstić information content (AvgIpc) is 2.53. The number of rotatable bonds is 1. The average molecular weight is 364 g/mol. The lowest BCUT2D eigenvalue weighted by Gasteiger charge is -2.08. The quantitative estimate of drug-likeness (QED) is 0.359. The molecule has 0 saturated carbocycles. The van der Waals surface area contributed by atoms with E-state index in [1.165, 1.54) is 30.2 Å². The summed E-state index contributed by atoms with van der Waals surface area (Å²) < 4.78 is 79.0. The fourth-order valence-corrected chi connectivity index (χ4v) is 2.60. The summed E-state index contributed by atoms with van der Waals surface area (Å²) in [7, 11) is 0. The van der Waals surface area contributed by atoms with Crippen molar-refractivity contribution in [2.45, 2.75) is 13.1 Å². The molecule has 26 heavy (non-hydrogen) atoms. The molecule has 0 radical (unpaired) electrons. The van der Waals surface area contributed by atoms with Gasteiger partial charge in [0.15, 0.2) is 0 Å². The lowest BCUT2D eigenvalue weighted by Crippen LogP contribution is -2.02. The topological polar surface area (TPSA) is 0 Å². The van der Waals surface area contributed by atoms with Crippen molar-refractivity contribution in [2.24, 2.45) is 0 Å². The van der Waals surface area contributed by atoms with Gasteiger partial charge in [-0.2, -0.15) is 13.2 Å². The summed E-state index contributed by atoms with van der Waals surface area (Å²) >= 11 is 0. The second kappa shape index (κ2) is 6.41. The maximum Gasteiger partial charge on any atom is 0.458 e. The monoisotopic (exact) mass is 364 g/mol. The van der Waals surface area contributed by atoms with Crippen LogP contribution in [0.25, 0.3) is 21.9 Å². The Morgan fingerprint density at radius 3 is 2.23 bits per heavy atom. The standard InChI is InChI=1S/C20H10F6/c1-11-2-4-14(17(21)8-11)12-3-5-15-13(9-12)10-18(22)16(19(15)23)6-7-20(24,25)26/h2-5,8-10H,1H3. The SMILES string of the molecule is Cc1ccc(-c2ccc3c(F)c(C#CC(F)(F)F)c(F)cc3c2)c(F)c1. The largest absolute Gasteiger partial charge is 0.458 e. The Morgan fingerprint density at radius 2 is 1.58 bits per heavy atom. The predicted octanol–water partition coefficient (Wildman–Crippen LogP) is 6.15. The molecule has 132 valence electrons. The van der Waals surface area contributed by atoms with Gasteiger partial charge in [-0.15, -0.1) is 0 Å². The minimum atomic E-state index is -4.86. The van der Waals surface area contributed by atoms with Gasteiger partial charge in [-0.3, -0.25) is 0 Å². The molecule has 0 aliphatic carbocycles. The molecule has 0 unspecified atom stereocenters. The Hall–Kier alpha value is -2.94. The van der Waals surface area contributed by atoms with Gasteiger partial charge in [-0.25, -0.2) is 13.2 Å². The van der Waals surface area contributed by atoms with Gasteiger partial charge in [0.05, 0.1) is 5.56 Å². The highest BCUT2D eigenvalue weighted by molar-refractivity contribution is 5.89. The van der Waals surface area contributed by atoms with Crippen LogP contribution in [0.1, 0.15) is 11.1 Å². The third-order valence-corrected chi connectivity index (χ3v) is 3.79. The van der Waals surface area contributed by atoms with Crippen molar-refractivity contribution in [2.75, 3.05) is 0 Å². The molecule has 3 aromatic carbocycles. The Morgan fingerprint density at radius 1 is 0.846 bits per heavy atom. The van der Waals surface area contributed by atoms with Crippen LogP contribution < -0.4 is 0 Å². The molecule has 0 atom stereocenters. The molecule has 0 saturated heterocycles. The molecule has 0 fully saturated rings. The minimum Gasteiger partial charge on any atom is -0.206 e. The van der Waals surface area contributed by atoms with Gasteiger partial charge in [-0.1, -0.05) is 30.2 Å². The molecular weight excluding hydrogens is 354 g/mol. The second-order valence-electron chi connectivity index (χ2n) is 5.71. The van der Waals surface area contributed by atoms with E-state index in [-0.39, 0.29) is 16.3 Å². The molecular formula is C20H10F6. The molecule has 0 nitrogen and oxygen atoms in total. The normalized spacial score (nSPS) is 11.3. The van der Waals surface area contributed by atoms with E-state index in [0.717, 1.165) is 17.6 Å². The lowest BCUT2D eigenvalue weighted by atomic mass is 9.98. The zero-order chi connectivity index (χ0) is 19.1. The van der Waals surface area contributed by atoms with Gasteiger partial charge in [0.1, 0.15) is 17.5 Å². The van der Waals surface area contributed by atoms with Crippen LogP contribution in [0, 0.1) is 36.2 Å². The van der Waals surface area contributed by atoms with Gasteiger partial charge in [0, 0.05) is 16.9 Å². The van der Waals surface area contributed by atoms with Crippen LogP contribution in [-0.2, 0) is 0 Å². The summed E-state index contributed by atoms with van der Waals surface area (Å²) in [6, 6.07) is 9.50. The molecule has 0 heterocycles. The van der Waals surface area contributed by atoms with Crippen LogP contribution in [0.3, 0.4) is 0 Å². The number of hydrogen-bond acceptors (Lipinski definition) is 0. The highest BCUT2D eigenvalue weighted by Gasteiger charge is 2.24. The Labute approximate surface area is 145 Å². The summed E-state index contributed by atoms with van der Waals surface area (Å²) in [5.74, 6) is -0.545. The maximum atomic E-state index is 14.4. The van der Waals surface area contributed by atoms with E-state index in [1.54, 1.807) is 19.1 Å². The van der Waals surface area contributed by atoms with Crippen LogP contribution in [0.2, 0.25) is 0 Å². The summed E-state index contributed by atoms with van der Waals surface area (Å²) in [6.07, 6.45) is -4.86. The predicted molar refractivity (Wildman–Crippen MR) is 86.9 cm³/mol. The lowest BCUT2D eigenvalue weighted by molar-refractivity contribution is -0.0696. The van der Waals surface area contributed by atoms with E-state index in [4.69, 9.17) is 0 Å². The molecule has 0 N–H and O–H groups in total. The Balaban J connectivity index is 2.16. The number of aryl methyl sites for hydroxylation is 1. The molecule has 6 heteroatoms. The number of hydrogen-bond donors (Lipinski definition) is 0. The molecule has 0 spiro atoms. The summed E-state index contributed by atoms with van der Waals surface area (Å²) in [6.45, 7) is 1.72. The van der Waals surface area contributed by atoms with Crippen molar-refractivity contribution < 1.29 is 26.3 Å². The van der Waals surface area contributed by atoms with E-state index < -0.39 is 29.2 Å². The summed E-state index contributed by atoms with van der Waals surface area (Å²) in [4.78, 5) is 0. The van der Waals surface area contributed by atoms with Crippen molar-refractivity contribution in [3.63, 3.8) is 0 Å². The number of fused-ring (bicyclic) bond motifs is 1. The highest BCUT2D eigenvalue weighted by atomic mass is 19.4. The zero-order valence-electron chi connectivity index (χ0n) is 13.3. The van der Waals surface area contributed by atoms with Crippen molar-refractivity contribution in [1.29, 1.82) is 0 Å². The molecule has 0 aromatic heterocycles. The van der Waals surface area contributed by atoms with E-state index in [1.807, 2.05) is 0 Å². The highest BCUT2D eigenvalue weighted by Crippen LogP contribution is 2.30. The van der Waals surface area contributed by atoms with Crippen molar-refractivity contribution in [1.82, 2.24) is 0 Å². The Kier molecular flexibility index (Phi) is 4.41. The van der Waals surface area contributed by atoms with Crippen LogP contribution >= 0.6 is 0 Å². The van der Waals surface area contributed by atoms with Gasteiger partial charge < -0.3 is 0 Å². The third kappa shape index (κ3) is 3.52.